The van der Waals surface area contributed by atoms with Gasteiger partial charge in [0, 0.05) is 39.1 Å². The maximum atomic E-state index is 4.52. The molecule has 0 radical (unpaired) electrons. The molecule has 0 bridgehead atoms. The maximum Gasteiger partial charge on any atom is 0.193 e. The van der Waals surface area contributed by atoms with Gasteiger partial charge in [0.1, 0.15) is 5.82 Å². The summed E-state index contributed by atoms with van der Waals surface area (Å²) in [5.41, 5.74) is 0. The second kappa shape index (κ2) is 12.4. The zero-order valence-electron chi connectivity index (χ0n) is 18.6. The SMILES string of the molecule is CN=C(NCCCc1nnc(SC)n1C1CCCC1)N1CCC(CC(C)C)C1.I. The van der Waals surface area contributed by atoms with Crippen LogP contribution in [0.15, 0.2) is 10.1 Å². The molecule has 166 valence electrons. The number of rotatable bonds is 8. The van der Waals surface area contributed by atoms with Crippen LogP contribution in [0, 0.1) is 11.8 Å². The number of hydrogen-bond acceptors (Lipinski definition) is 4. The van der Waals surface area contributed by atoms with Crippen molar-refractivity contribution in [2.75, 3.05) is 32.9 Å². The highest BCUT2D eigenvalue weighted by molar-refractivity contribution is 14.0. The molecule has 2 heterocycles. The molecule has 1 aromatic heterocycles. The van der Waals surface area contributed by atoms with Gasteiger partial charge < -0.3 is 14.8 Å². The lowest BCUT2D eigenvalue weighted by molar-refractivity contribution is 0.403. The van der Waals surface area contributed by atoms with Crippen molar-refractivity contribution in [2.45, 2.75) is 76.4 Å². The lowest BCUT2D eigenvalue weighted by atomic mass is 9.97. The quantitative estimate of drug-likeness (QED) is 0.174. The molecule has 1 N–H and O–H groups in total. The smallest absolute Gasteiger partial charge is 0.193 e. The number of aliphatic imine (C=N–C) groups is 1. The van der Waals surface area contributed by atoms with E-state index in [1.54, 1.807) is 11.8 Å². The van der Waals surface area contributed by atoms with Crippen LogP contribution >= 0.6 is 35.7 Å². The Kier molecular flexibility index (Phi) is 10.6. The largest absolute Gasteiger partial charge is 0.356 e. The second-order valence-corrected chi connectivity index (χ2v) is 9.49. The fraction of sp³-hybridized carbons (Fsp3) is 0.857. The van der Waals surface area contributed by atoms with Gasteiger partial charge in [-0.3, -0.25) is 4.99 Å². The van der Waals surface area contributed by atoms with E-state index in [9.17, 15) is 0 Å². The Balaban J connectivity index is 0.00000300. The Morgan fingerprint density at radius 1 is 1.24 bits per heavy atom. The summed E-state index contributed by atoms with van der Waals surface area (Å²) < 4.78 is 2.42. The molecule has 1 unspecified atom stereocenters. The van der Waals surface area contributed by atoms with Gasteiger partial charge in [0.15, 0.2) is 11.1 Å². The molecule has 1 saturated carbocycles. The van der Waals surface area contributed by atoms with E-state index in [1.165, 1.54) is 38.5 Å². The Morgan fingerprint density at radius 3 is 2.66 bits per heavy atom. The van der Waals surface area contributed by atoms with E-state index >= 15 is 0 Å². The molecule has 3 rings (SSSR count). The molecule has 29 heavy (non-hydrogen) atoms. The van der Waals surface area contributed by atoms with Crippen LogP contribution < -0.4 is 5.32 Å². The molecule has 1 atom stereocenters. The van der Waals surface area contributed by atoms with Crippen molar-refractivity contribution in [2.24, 2.45) is 16.8 Å². The molecule has 0 amide bonds. The first-order valence-electron chi connectivity index (χ1n) is 11.1. The van der Waals surface area contributed by atoms with Crippen molar-refractivity contribution in [1.82, 2.24) is 25.0 Å². The molecule has 2 fully saturated rings. The van der Waals surface area contributed by atoms with E-state index in [4.69, 9.17) is 0 Å². The van der Waals surface area contributed by atoms with E-state index in [1.807, 2.05) is 7.05 Å². The Morgan fingerprint density at radius 2 is 2.00 bits per heavy atom. The van der Waals surface area contributed by atoms with Crippen LogP contribution in [0.2, 0.25) is 0 Å². The fourth-order valence-electron chi connectivity index (χ4n) is 4.81. The third-order valence-corrected chi connectivity index (χ3v) is 6.71. The summed E-state index contributed by atoms with van der Waals surface area (Å²) in [7, 11) is 1.90. The lowest BCUT2D eigenvalue weighted by Crippen LogP contribution is -2.40. The zero-order valence-corrected chi connectivity index (χ0v) is 21.7. The zero-order chi connectivity index (χ0) is 19.9. The molecule has 6 nitrogen and oxygen atoms in total. The van der Waals surface area contributed by atoms with Crippen molar-refractivity contribution in [3.8, 4) is 0 Å². The Labute approximate surface area is 198 Å². The van der Waals surface area contributed by atoms with Crippen molar-refractivity contribution in [1.29, 1.82) is 0 Å². The maximum absolute atomic E-state index is 4.52. The normalized spacial score (nSPS) is 20.5. The summed E-state index contributed by atoms with van der Waals surface area (Å²) in [4.78, 5) is 6.95. The topological polar surface area (TPSA) is 58.3 Å². The summed E-state index contributed by atoms with van der Waals surface area (Å²) in [6.07, 6.45) is 12.0. The van der Waals surface area contributed by atoms with Crippen molar-refractivity contribution in [3.05, 3.63) is 5.82 Å². The fourth-order valence-corrected chi connectivity index (χ4v) is 5.38. The summed E-state index contributed by atoms with van der Waals surface area (Å²) >= 11 is 1.72. The van der Waals surface area contributed by atoms with Crippen LogP contribution in [0.25, 0.3) is 0 Å². The van der Waals surface area contributed by atoms with Crippen molar-refractivity contribution < 1.29 is 0 Å². The van der Waals surface area contributed by atoms with Crippen LogP contribution in [-0.4, -0.2) is 58.6 Å². The number of nitrogens with zero attached hydrogens (tertiary/aromatic N) is 5. The third kappa shape index (κ3) is 6.74. The van der Waals surface area contributed by atoms with Crippen molar-refractivity contribution in [3.63, 3.8) is 0 Å². The molecule has 2 aliphatic rings. The number of thioether (sulfide) groups is 1. The molecule has 0 aromatic carbocycles. The van der Waals surface area contributed by atoms with Gasteiger partial charge in [-0.2, -0.15) is 0 Å². The Hall–Kier alpha value is -0.510. The van der Waals surface area contributed by atoms with Crippen LogP contribution in [-0.2, 0) is 6.42 Å². The third-order valence-electron chi connectivity index (χ3n) is 6.07. The number of aryl methyl sites for hydroxylation is 1. The number of aromatic nitrogens is 3. The molecule has 0 spiro atoms. The van der Waals surface area contributed by atoms with Crippen LogP contribution in [0.5, 0.6) is 0 Å². The molecular formula is C21H39IN6S. The number of guanidine groups is 1. The first kappa shape index (κ1) is 24.8. The first-order chi connectivity index (χ1) is 13.6. The standard InChI is InChI=1S/C21H38N6S.HI/c1-16(2)14-17-11-13-26(15-17)20(22-3)23-12-7-10-19-24-25-21(28-4)27(19)18-8-5-6-9-18;/h16-18H,5-15H2,1-4H3,(H,22,23);1H. The summed E-state index contributed by atoms with van der Waals surface area (Å²) in [5.74, 6) is 3.82. The molecular weight excluding hydrogens is 495 g/mol. The first-order valence-corrected chi connectivity index (χ1v) is 12.3. The minimum atomic E-state index is 0. The summed E-state index contributed by atoms with van der Waals surface area (Å²) in [6, 6.07) is 0.607. The Bertz CT molecular complexity index is 641. The summed E-state index contributed by atoms with van der Waals surface area (Å²) in [6.45, 7) is 7.85. The van der Waals surface area contributed by atoms with E-state index in [0.717, 1.165) is 61.3 Å². The van der Waals surface area contributed by atoms with Gasteiger partial charge in [0.25, 0.3) is 0 Å². The van der Waals surface area contributed by atoms with Crippen molar-refractivity contribution >= 4 is 41.7 Å². The highest BCUT2D eigenvalue weighted by atomic mass is 127. The van der Waals surface area contributed by atoms with Gasteiger partial charge in [-0.1, -0.05) is 38.5 Å². The highest BCUT2D eigenvalue weighted by Crippen LogP contribution is 2.33. The molecule has 8 heteroatoms. The number of nitrogens with one attached hydrogen (secondary N) is 1. The number of likely N-dealkylation sites (tertiary alicyclic amines) is 1. The summed E-state index contributed by atoms with van der Waals surface area (Å²) in [5, 5.41) is 13.6. The monoisotopic (exact) mass is 534 g/mol. The highest BCUT2D eigenvalue weighted by Gasteiger charge is 2.26. The predicted octanol–water partition coefficient (Wildman–Crippen LogP) is 4.61. The second-order valence-electron chi connectivity index (χ2n) is 8.72. The van der Waals surface area contributed by atoms with E-state index in [2.05, 4.69) is 50.1 Å². The molecule has 1 aromatic rings. The van der Waals surface area contributed by atoms with Gasteiger partial charge in [0.05, 0.1) is 0 Å². The number of halogens is 1. The average Bonchev–Trinajstić information content (AvgIpc) is 3.41. The van der Waals surface area contributed by atoms with Gasteiger partial charge in [-0.25, -0.2) is 0 Å². The van der Waals surface area contributed by atoms with E-state index < -0.39 is 0 Å². The van der Waals surface area contributed by atoms with Crippen LogP contribution in [0.1, 0.15) is 70.7 Å². The number of hydrogen-bond donors (Lipinski definition) is 1. The van der Waals surface area contributed by atoms with E-state index in [-0.39, 0.29) is 24.0 Å². The van der Waals surface area contributed by atoms with E-state index in [0.29, 0.717) is 6.04 Å². The molecule has 1 aliphatic heterocycles. The van der Waals surface area contributed by atoms with Crippen LogP contribution in [0.3, 0.4) is 0 Å². The minimum Gasteiger partial charge on any atom is -0.356 e. The van der Waals surface area contributed by atoms with Gasteiger partial charge in [-0.05, 0) is 50.2 Å². The van der Waals surface area contributed by atoms with Gasteiger partial charge in [0.2, 0.25) is 0 Å². The minimum absolute atomic E-state index is 0. The average molecular weight is 535 g/mol. The van der Waals surface area contributed by atoms with Gasteiger partial charge >= 0.3 is 0 Å². The molecule has 1 saturated heterocycles. The van der Waals surface area contributed by atoms with Gasteiger partial charge in [-0.15, -0.1) is 34.2 Å². The lowest BCUT2D eigenvalue weighted by Gasteiger charge is -2.22. The molecule has 1 aliphatic carbocycles. The predicted molar refractivity (Wildman–Crippen MR) is 134 cm³/mol. The van der Waals surface area contributed by atoms with Crippen LogP contribution in [0.4, 0.5) is 0 Å².